The van der Waals surface area contributed by atoms with Gasteiger partial charge >= 0.3 is 151 Å². The minimum absolute atomic E-state index is 0.148. The Morgan fingerprint density at radius 2 is 1.56 bits per heavy atom. The summed E-state index contributed by atoms with van der Waals surface area (Å²) >= 11 is -0.148. The van der Waals surface area contributed by atoms with Crippen molar-refractivity contribution in [2.75, 3.05) is 5.32 Å². The van der Waals surface area contributed by atoms with Gasteiger partial charge in [-0.25, -0.2) is 0 Å². The minimum atomic E-state index is -0.148. The molecule has 0 heterocycles. The Hall–Kier alpha value is -1.97. The Bertz CT molecular complexity index is 737. The molecule has 1 fully saturated rings. The Morgan fingerprint density at radius 3 is 2.24 bits per heavy atom. The van der Waals surface area contributed by atoms with Crippen LogP contribution in [-0.4, -0.2) is 21.7 Å². The second kappa shape index (κ2) is 9.50. The summed E-state index contributed by atoms with van der Waals surface area (Å²) in [5.41, 5.74) is 2.83. The third-order valence-electron chi connectivity index (χ3n) is 4.45. The van der Waals surface area contributed by atoms with E-state index in [1.165, 1.54) is 32.1 Å². The van der Waals surface area contributed by atoms with Crippen molar-refractivity contribution in [1.82, 2.24) is 0 Å². The van der Waals surface area contributed by atoms with Crippen molar-refractivity contribution in [3.8, 4) is 11.8 Å². The van der Waals surface area contributed by atoms with Crippen molar-refractivity contribution < 1.29 is 4.79 Å². The van der Waals surface area contributed by atoms with Crippen LogP contribution in [0.25, 0.3) is 0 Å². The summed E-state index contributed by atoms with van der Waals surface area (Å²) in [6.45, 7) is 0. The molecule has 0 aliphatic heterocycles. The topological polar surface area (TPSA) is 29.1 Å². The monoisotopic (exact) mass is 393 g/mol. The van der Waals surface area contributed by atoms with Gasteiger partial charge in [-0.1, -0.05) is 6.07 Å². The number of anilines is 1. The molecule has 3 rings (SSSR count). The first-order chi connectivity index (χ1) is 12.3. The molecule has 0 bridgehead atoms. The molecule has 1 N–H and O–H groups in total. The van der Waals surface area contributed by atoms with E-state index in [0.29, 0.717) is 0 Å². The van der Waals surface area contributed by atoms with Crippen LogP contribution in [0.1, 0.15) is 43.2 Å². The first-order valence-corrected chi connectivity index (χ1v) is 11.7. The summed E-state index contributed by atoms with van der Waals surface area (Å²) in [6, 6.07) is 17.7. The number of rotatable bonds is 4. The van der Waals surface area contributed by atoms with Gasteiger partial charge in [-0.3, -0.25) is 0 Å². The molecule has 25 heavy (non-hydrogen) atoms. The summed E-state index contributed by atoms with van der Waals surface area (Å²) < 4.78 is 0.870. The molecular weight excluding hydrogens is 369 g/mol. The molecular formula is C22H24AsNO. The fraction of sp³-hybridized carbons (Fsp3) is 0.318. The molecule has 2 aromatic carbocycles. The number of amides is 1. The van der Waals surface area contributed by atoms with E-state index in [1.54, 1.807) is 0 Å². The molecule has 2 nitrogen and oxygen atoms in total. The summed E-state index contributed by atoms with van der Waals surface area (Å²) in [4.78, 5) is 12.1. The van der Waals surface area contributed by atoms with Gasteiger partial charge in [-0.2, -0.15) is 0 Å². The van der Waals surface area contributed by atoms with Gasteiger partial charge in [0.1, 0.15) is 0 Å². The van der Waals surface area contributed by atoms with Crippen molar-refractivity contribution in [2.24, 2.45) is 0 Å². The molecule has 2 aromatic rings. The number of benzene rings is 2. The molecule has 0 saturated heterocycles. The normalized spacial score (nSPS) is 14.9. The summed E-state index contributed by atoms with van der Waals surface area (Å²) in [6.07, 6.45) is 6.81. The molecule has 128 valence electrons. The first kappa shape index (κ1) is 17.8. The Balaban J connectivity index is 1.48. The average Bonchev–Trinajstić information content (AvgIpc) is 2.67. The van der Waals surface area contributed by atoms with Crippen LogP contribution in [0.4, 0.5) is 5.69 Å². The maximum absolute atomic E-state index is 12.1. The molecule has 1 amide bonds. The van der Waals surface area contributed by atoms with Crippen LogP contribution in [-0.2, 0) is 4.79 Å². The molecule has 0 spiro atoms. The van der Waals surface area contributed by atoms with E-state index < -0.39 is 0 Å². The average molecular weight is 393 g/mol. The van der Waals surface area contributed by atoms with Crippen molar-refractivity contribution in [3.05, 3.63) is 65.7 Å². The van der Waals surface area contributed by atoms with Crippen molar-refractivity contribution in [2.45, 2.75) is 42.0 Å². The molecule has 1 atom stereocenters. The third kappa shape index (κ3) is 6.11. The van der Waals surface area contributed by atoms with E-state index in [2.05, 4.69) is 17.2 Å². The molecule has 1 aliphatic rings. The second-order valence-electron chi connectivity index (χ2n) is 6.46. The summed E-state index contributed by atoms with van der Waals surface area (Å²) in [7, 11) is 0. The first-order valence-electron chi connectivity index (χ1n) is 9.00. The predicted octanol–water partition coefficient (Wildman–Crippen LogP) is 4.63. The summed E-state index contributed by atoms with van der Waals surface area (Å²) in [5.74, 6) is 6.47. The van der Waals surface area contributed by atoms with Gasteiger partial charge in [0.15, 0.2) is 0 Å². The van der Waals surface area contributed by atoms with Crippen LogP contribution in [0.15, 0.2) is 54.6 Å². The molecule has 1 unspecified atom stereocenters. The number of hydrogen-bond donors (Lipinski definition) is 1. The van der Waals surface area contributed by atoms with Gasteiger partial charge in [0.2, 0.25) is 0 Å². The zero-order valence-corrected chi connectivity index (χ0v) is 16.5. The van der Waals surface area contributed by atoms with E-state index in [0.717, 1.165) is 26.7 Å². The van der Waals surface area contributed by atoms with Gasteiger partial charge in [0.05, 0.1) is 0 Å². The number of nitrogens with one attached hydrogen (secondary N) is 1. The van der Waals surface area contributed by atoms with Gasteiger partial charge in [-0.05, 0) is 0 Å². The van der Waals surface area contributed by atoms with Gasteiger partial charge < -0.3 is 0 Å². The predicted molar refractivity (Wildman–Crippen MR) is 106 cm³/mol. The fourth-order valence-corrected chi connectivity index (χ4v) is 5.94. The van der Waals surface area contributed by atoms with E-state index in [4.69, 9.17) is 0 Å². The van der Waals surface area contributed by atoms with Crippen molar-refractivity contribution in [3.63, 3.8) is 0 Å². The van der Waals surface area contributed by atoms with E-state index in [-0.39, 0.29) is 21.7 Å². The molecule has 3 heteroatoms. The van der Waals surface area contributed by atoms with E-state index >= 15 is 0 Å². The zero-order valence-electron chi connectivity index (χ0n) is 14.4. The maximum atomic E-state index is 12.1. The van der Waals surface area contributed by atoms with Crippen LogP contribution < -0.4 is 5.32 Å². The van der Waals surface area contributed by atoms with Gasteiger partial charge in [0.25, 0.3) is 0 Å². The third-order valence-corrected chi connectivity index (χ3v) is 7.97. The second-order valence-corrected chi connectivity index (χ2v) is 9.77. The zero-order chi connectivity index (χ0) is 17.3. The van der Waals surface area contributed by atoms with Crippen LogP contribution in [0, 0.1) is 11.8 Å². The fourth-order valence-electron chi connectivity index (χ4n) is 3.05. The number of carbonyl (C=O) groups excluding carboxylic acids is 1. The van der Waals surface area contributed by atoms with E-state index in [9.17, 15) is 4.79 Å². The van der Waals surface area contributed by atoms with Crippen LogP contribution in [0.5, 0.6) is 0 Å². The van der Waals surface area contributed by atoms with Crippen LogP contribution in [0.2, 0.25) is 9.91 Å². The van der Waals surface area contributed by atoms with Crippen LogP contribution >= 0.6 is 0 Å². The number of hydrogen-bond acceptors (Lipinski definition) is 1. The van der Waals surface area contributed by atoms with Crippen LogP contribution in [0.3, 0.4) is 0 Å². The van der Waals surface area contributed by atoms with Crippen molar-refractivity contribution >= 4 is 27.3 Å². The molecule has 1 aliphatic carbocycles. The van der Waals surface area contributed by atoms with Gasteiger partial charge in [0, 0.05) is 0 Å². The van der Waals surface area contributed by atoms with E-state index in [1.807, 2.05) is 54.6 Å². The molecule has 0 aromatic heterocycles. The quantitative estimate of drug-likeness (QED) is 0.596. The van der Waals surface area contributed by atoms with Gasteiger partial charge in [-0.15, -0.1) is 0 Å². The molecule has 0 radical (unpaired) electrons. The SMILES string of the molecule is O=C(C[AsH]C1CCCCC1)Nc1ccc(C#Cc2ccccc2)cc1. The Kier molecular flexibility index (Phi) is 6.78. The number of carbonyl (C=O) groups is 1. The Labute approximate surface area is 157 Å². The Morgan fingerprint density at radius 1 is 0.920 bits per heavy atom. The van der Waals surface area contributed by atoms with Crippen molar-refractivity contribution in [1.29, 1.82) is 0 Å². The molecule has 1 saturated carbocycles. The summed E-state index contributed by atoms with van der Waals surface area (Å²) in [5, 5.41) is 3.78. The standard InChI is InChI=1S/C22H24AsNO/c25-22(17-23-20-9-5-2-6-10-20)24-21-15-13-19(14-16-21)12-11-18-7-3-1-4-8-18/h1,3-4,7-8,13-16,20,23H,2,5-6,9-10,17H2,(H,24,25).